The monoisotopic (exact) mass is 217 g/mol. The zero-order valence-corrected chi connectivity index (χ0v) is 9.35. The van der Waals surface area contributed by atoms with E-state index in [1.165, 1.54) is 12.8 Å². The molecule has 1 N–H and O–H groups in total. The molecule has 1 fully saturated rings. The summed E-state index contributed by atoms with van der Waals surface area (Å²) in [6, 6.07) is 0.302. The molecular formula is C11H15N5. The molecule has 0 aromatic carbocycles. The van der Waals surface area contributed by atoms with Crippen molar-refractivity contribution in [2.45, 2.75) is 32.2 Å². The molecule has 3 heterocycles. The van der Waals surface area contributed by atoms with Crippen LogP contribution >= 0.6 is 0 Å². The zero-order chi connectivity index (χ0) is 11.0. The molecule has 16 heavy (non-hydrogen) atoms. The number of nitrogens with zero attached hydrogens (tertiary/aromatic N) is 4. The summed E-state index contributed by atoms with van der Waals surface area (Å²) in [7, 11) is 0. The highest BCUT2D eigenvalue weighted by Crippen LogP contribution is 2.20. The van der Waals surface area contributed by atoms with Crippen molar-refractivity contribution in [2.75, 3.05) is 6.54 Å². The fourth-order valence-electron chi connectivity index (χ4n) is 2.11. The average molecular weight is 217 g/mol. The Labute approximate surface area is 93.9 Å². The molecule has 0 amide bonds. The minimum atomic E-state index is 0.302. The molecule has 2 aromatic rings. The predicted octanol–water partition coefficient (Wildman–Crippen LogP) is 1.25. The summed E-state index contributed by atoms with van der Waals surface area (Å²) in [5, 5.41) is 7.92. The van der Waals surface area contributed by atoms with E-state index in [4.69, 9.17) is 0 Å². The van der Waals surface area contributed by atoms with E-state index in [1.807, 2.05) is 19.3 Å². The van der Waals surface area contributed by atoms with Crippen molar-refractivity contribution < 1.29 is 0 Å². The number of piperidine rings is 1. The second-order valence-corrected chi connectivity index (χ2v) is 4.35. The number of hydrogen-bond donors (Lipinski definition) is 1. The van der Waals surface area contributed by atoms with Crippen LogP contribution in [-0.4, -0.2) is 26.1 Å². The van der Waals surface area contributed by atoms with E-state index < -0.39 is 0 Å². The van der Waals surface area contributed by atoms with E-state index in [0.717, 1.165) is 24.4 Å². The second kappa shape index (κ2) is 3.83. The van der Waals surface area contributed by atoms with Crippen LogP contribution in [0.3, 0.4) is 0 Å². The number of rotatable bonds is 1. The van der Waals surface area contributed by atoms with Crippen LogP contribution in [-0.2, 0) is 0 Å². The molecule has 0 spiro atoms. The Morgan fingerprint density at radius 3 is 3.19 bits per heavy atom. The number of fused-ring (bicyclic) bond motifs is 1. The van der Waals surface area contributed by atoms with Gasteiger partial charge in [-0.1, -0.05) is 6.42 Å². The van der Waals surface area contributed by atoms with Gasteiger partial charge < -0.3 is 5.32 Å². The first-order valence-electron chi connectivity index (χ1n) is 5.75. The van der Waals surface area contributed by atoms with Crippen molar-refractivity contribution in [2.24, 2.45) is 0 Å². The van der Waals surface area contributed by atoms with E-state index in [9.17, 15) is 0 Å². The molecule has 0 radical (unpaired) electrons. The summed E-state index contributed by atoms with van der Waals surface area (Å²) in [5.41, 5.74) is 1.10. The van der Waals surface area contributed by atoms with Gasteiger partial charge in [0.1, 0.15) is 0 Å². The molecule has 1 atom stereocenters. The molecule has 0 aliphatic carbocycles. The van der Waals surface area contributed by atoms with Gasteiger partial charge in [-0.15, -0.1) is 5.10 Å². The van der Waals surface area contributed by atoms with Crippen molar-refractivity contribution >= 4 is 5.78 Å². The quantitative estimate of drug-likeness (QED) is 0.781. The highest BCUT2D eigenvalue weighted by atomic mass is 15.3. The molecular weight excluding hydrogens is 202 g/mol. The maximum atomic E-state index is 4.48. The molecule has 1 unspecified atom stereocenters. The van der Waals surface area contributed by atoms with Crippen molar-refractivity contribution in [1.29, 1.82) is 0 Å². The summed E-state index contributed by atoms with van der Waals surface area (Å²) in [6.45, 7) is 3.07. The van der Waals surface area contributed by atoms with Crippen LogP contribution < -0.4 is 5.32 Å². The summed E-state index contributed by atoms with van der Waals surface area (Å²) in [6.07, 6.45) is 7.40. The Bertz CT molecular complexity index is 498. The minimum absolute atomic E-state index is 0.302. The van der Waals surface area contributed by atoms with Crippen molar-refractivity contribution in [3.63, 3.8) is 0 Å². The van der Waals surface area contributed by atoms with Gasteiger partial charge in [0.05, 0.1) is 6.04 Å². The van der Waals surface area contributed by atoms with E-state index >= 15 is 0 Å². The Balaban J connectivity index is 1.97. The van der Waals surface area contributed by atoms with Crippen LogP contribution in [0, 0.1) is 6.92 Å². The first kappa shape index (κ1) is 9.72. The summed E-state index contributed by atoms with van der Waals surface area (Å²) in [4.78, 5) is 8.71. The topological polar surface area (TPSA) is 55.1 Å². The largest absolute Gasteiger partial charge is 0.307 e. The molecule has 1 aliphatic heterocycles. The lowest BCUT2D eigenvalue weighted by atomic mass is 10.0. The molecule has 1 aliphatic rings. The minimum Gasteiger partial charge on any atom is -0.307 e. The third-order valence-corrected chi connectivity index (χ3v) is 2.96. The van der Waals surface area contributed by atoms with Crippen molar-refractivity contribution in [3.8, 4) is 0 Å². The number of hydrogen-bond acceptors (Lipinski definition) is 4. The van der Waals surface area contributed by atoms with Crippen molar-refractivity contribution in [1.82, 2.24) is 24.9 Å². The molecule has 0 saturated carbocycles. The van der Waals surface area contributed by atoms with Gasteiger partial charge in [-0.25, -0.2) is 9.50 Å². The Kier molecular flexibility index (Phi) is 2.32. The lowest BCUT2D eigenvalue weighted by Crippen LogP contribution is -2.27. The first-order chi connectivity index (χ1) is 7.83. The van der Waals surface area contributed by atoms with E-state index in [0.29, 0.717) is 11.8 Å². The van der Waals surface area contributed by atoms with Crippen LogP contribution in [0.5, 0.6) is 0 Å². The molecule has 5 nitrogen and oxygen atoms in total. The molecule has 1 saturated heterocycles. The fraction of sp³-hybridized carbons (Fsp3) is 0.545. The van der Waals surface area contributed by atoms with Crippen molar-refractivity contribution in [3.05, 3.63) is 23.8 Å². The maximum absolute atomic E-state index is 4.48. The van der Waals surface area contributed by atoms with Gasteiger partial charge in [0.25, 0.3) is 5.78 Å². The van der Waals surface area contributed by atoms with E-state index in [-0.39, 0.29) is 0 Å². The first-order valence-corrected chi connectivity index (χ1v) is 5.75. The fourth-order valence-corrected chi connectivity index (χ4v) is 2.11. The number of nitrogens with one attached hydrogen (secondary N) is 1. The lowest BCUT2D eigenvalue weighted by Gasteiger charge is -2.20. The smallest absolute Gasteiger partial charge is 0.252 e. The third-order valence-electron chi connectivity index (χ3n) is 2.96. The molecule has 3 rings (SSSR count). The average Bonchev–Trinajstić information content (AvgIpc) is 2.73. The standard InChI is InChI=1S/C11H15N5/c1-8-6-13-11-14-10(15-16(11)7-8)9-4-2-3-5-12-9/h6-7,9,12H,2-5H2,1H3. The summed E-state index contributed by atoms with van der Waals surface area (Å²) >= 11 is 0. The SMILES string of the molecule is Cc1cnc2nc(C3CCCCN3)nn2c1. The van der Waals surface area contributed by atoms with Gasteiger partial charge in [0.2, 0.25) is 0 Å². The number of aryl methyl sites for hydroxylation is 1. The highest BCUT2D eigenvalue weighted by Gasteiger charge is 2.19. The second-order valence-electron chi connectivity index (χ2n) is 4.35. The Morgan fingerprint density at radius 1 is 1.44 bits per heavy atom. The third kappa shape index (κ3) is 1.67. The van der Waals surface area contributed by atoms with Gasteiger partial charge in [0.15, 0.2) is 5.82 Å². The van der Waals surface area contributed by atoms with E-state index in [2.05, 4.69) is 20.4 Å². The van der Waals surface area contributed by atoms with Gasteiger partial charge in [-0.2, -0.15) is 4.98 Å². The number of aromatic nitrogens is 4. The van der Waals surface area contributed by atoms with Crippen LogP contribution in [0.15, 0.2) is 12.4 Å². The molecule has 84 valence electrons. The van der Waals surface area contributed by atoms with Crippen LogP contribution in [0.25, 0.3) is 5.78 Å². The predicted molar refractivity (Wildman–Crippen MR) is 60.1 cm³/mol. The molecule has 0 bridgehead atoms. The van der Waals surface area contributed by atoms with Gasteiger partial charge in [0, 0.05) is 12.4 Å². The zero-order valence-electron chi connectivity index (χ0n) is 9.35. The van der Waals surface area contributed by atoms with Gasteiger partial charge >= 0.3 is 0 Å². The Morgan fingerprint density at radius 2 is 2.38 bits per heavy atom. The normalized spacial score (nSPS) is 21.4. The van der Waals surface area contributed by atoms with Gasteiger partial charge in [-0.05, 0) is 31.9 Å². The maximum Gasteiger partial charge on any atom is 0.252 e. The Hall–Kier alpha value is -1.49. The summed E-state index contributed by atoms with van der Waals surface area (Å²) < 4.78 is 1.76. The van der Waals surface area contributed by atoms with Crippen LogP contribution in [0.1, 0.15) is 36.7 Å². The van der Waals surface area contributed by atoms with Gasteiger partial charge in [-0.3, -0.25) is 0 Å². The molecule has 2 aromatic heterocycles. The van der Waals surface area contributed by atoms with Crippen LogP contribution in [0.4, 0.5) is 0 Å². The molecule has 5 heteroatoms. The van der Waals surface area contributed by atoms with Crippen LogP contribution in [0.2, 0.25) is 0 Å². The summed E-state index contributed by atoms with van der Waals surface area (Å²) in [5.74, 6) is 1.56. The highest BCUT2D eigenvalue weighted by molar-refractivity contribution is 5.28. The lowest BCUT2D eigenvalue weighted by molar-refractivity contribution is 0.397. The van der Waals surface area contributed by atoms with E-state index in [1.54, 1.807) is 4.52 Å².